The van der Waals surface area contributed by atoms with E-state index >= 15 is 0 Å². The van der Waals surface area contributed by atoms with E-state index in [0.29, 0.717) is 6.04 Å². The first-order valence-corrected chi connectivity index (χ1v) is 7.64. The Balaban J connectivity index is 2.08. The first kappa shape index (κ1) is 12.7. The van der Waals surface area contributed by atoms with Crippen LogP contribution in [0.15, 0.2) is 18.2 Å². The number of aryl methyl sites for hydroxylation is 2. The van der Waals surface area contributed by atoms with Crippen molar-refractivity contribution in [3.8, 4) is 0 Å². The van der Waals surface area contributed by atoms with Gasteiger partial charge in [-0.2, -0.15) is 0 Å². The van der Waals surface area contributed by atoms with Gasteiger partial charge in [-0.15, -0.1) is 0 Å². The maximum atomic E-state index is 3.75. The number of benzene rings is 1. The summed E-state index contributed by atoms with van der Waals surface area (Å²) in [5, 5.41) is 5.18. The van der Waals surface area contributed by atoms with Crippen LogP contribution < -0.4 is 5.32 Å². The van der Waals surface area contributed by atoms with Crippen LogP contribution in [0.2, 0.25) is 0 Å². The predicted octanol–water partition coefficient (Wildman–Crippen LogP) is 4.24. The van der Waals surface area contributed by atoms with Crippen molar-refractivity contribution >= 4 is 10.9 Å². The molecule has 1 aromatic carbocycles. The highest BCUT2D eigenvalue weighted by atomic mass is 14.9. The predicted molar refractivity (Wildman–Crippen MR) is 81.6 cm³/mol. The molecular weight excluding hydrogens is 232 g/mol. The molecule has 1 atom stereocenters. The molecule has 0 bridgehead atoms. The van der Waals surface area contributed by atoms with Gasteiger partial charge < -0.3 is 10.3 Å². The number of rotatable bonds is 3. The number of H-pyrrole nitrogens is 1. The minimum atomic E-state index is 0.535. The van der Waals surface area contributed by atoms with Gasteiger partial charge in [0.1, 0.15) is 0 Å². The number of fused-ring (bicyclic) bond motifs is 3. The summed E-state index contributed by atoms with van der Waals surface area (Å²) in [6.07, 6.45) is 6.31. The quantitative estimate of drug-likeness (QED) is 0.790. The largest absolute Gasteiger partial charge is 0.358 e. The third-order valence-corrected chi connectivity index (χ3v) is 4.23. The van der Waals surface area contributed by atoms with Gasteiger partial charge in [-0.25, -0.2) is 0 Å². The SMILES string of the molecule is CCCNC1CCCCc2[nH]c3ccc(C)cc3c21. The molecule has 1 unspecified atom stereocenters. The lowest BCUT2D eigenvalue weighted by atomic mass is 9.99. The smallest absolute Gasteiger partial charge is 0.0459 e. The zero-order valence-corrected chi connectivity index (χ0v) is 12.1. The van der Waals surface area contributed by atoms with Gasteiger partial charge in [0.25, 0.3) is 0 Å². The van der Waals surface area contributed by atoms with E-state index in [9.17, 15) is 0 Å². The maximum absolute atomic E-state index is 3.75. The van der Waals surface area contributed by atoms with Crippen LogP contribution in [0.3, 0.4) is 0 Å². The number of hydrogen-bond donors (Lipinski definition) is 2. The second-order valence-corrected chi connectivity index (χ2v) is 5.82. The van der Waals surface area contributed by atoms with Crippen molar-refractivity contribution in [2.45, 2.75) is 52.0 Å². The molecule has 0 fully saturated rings. The Labute approximate surface area is 115 Å². The summed E-state index contributed by atoms with van der Waals surface area (Å²) in [4.78, 5) is 3.65. The molecule has 1 aliphatic rings. The molecule has 2 aromatic rings. The number of hydrogen-bond acceptors (Lipinski definition) is 1. The summed E-state index contributed by atoms with van der Waals surface area (Å²) in [5.41, 5.74) is 5.67. The second-order valence-electron chi connectivity index (χ2n) is 5.82. The van der Waals surface area contributed by atoms with Crippen molar-refractivity contribution < 1.29 is 0 Å². The summed E-state index contributed by atoms with van der Waals surface area (Å²) in [6, 6.07) is 7.31. The minimum absolute atomic E-state index is 0.535. The van der Waals surface area contributed by atoms with Crippen molar-refractivity contribution in [1.82, 2.24) is 10.3 Å². The molecule has 0 saturated carbocycles. The minimum Gasteiger partial charge on any atom is -0.358 e. The molecule has 19 heavy (non-hydrogen) atoms. The molecule has 1 heterocycles. The molecule has 0 radical (unpaired) electrons. The lowest BCUT2D eigenvalue weighted by Crippen LogP contribution is -2.22. The molecule has 102 valence electrons. The summed E-state index contributed by atoms with van der Waals surface area (Å²) in [5.74, 6) is 0. The van der Waals surface area contributed by atoms with Gasteiger partial charge in [-0.05, 0) is 56.8 Å². The Bertz CT molecular complexity index is 568. The van der Waals surface area contributed by atoms with E-state index in [1.54, 1.807) is 5.56 Å². The van der Waals surface area contributed by atoms with E-state index in [1.165, 1.54) is 54.3 Å². The lowest BCUT2D eigenvalue weighted by molar-refractivity contribution is 0.492. The highest BCUT2D eigenvalue weighted by molar-refractivity contribution is 5.86. The topological polar surface area (TPSA) is 27.8 Å². The summed E-state index contributed by atoms with van der Waals surface area (Å²) < 4.78 is 0. The van der Waals surface area contributed by atoms with Crippen LogP contribution in [0, 0.1) is 6.92 Å². The van der Waals surface area contributed by atoms with Crippen LogP contribution in [0.25, 0.3) is 10.9 Å². The summed E-state index contributed by atoms with van der Waals surface area (Å²) in [7, 11) is 0. The Kier molecular flexibility index (Phi) is 3.61. The van der Waals surface area contributed by atoms with Gasteiger partial charge in [0.15, 0.2) is 0 Å². The van der Waals surface area contributed by atoms with E-state index in [2.05, 4.69) is 42.3 Å². The molecule has 2 heteroatoms. The Morgan fingerprint density at radius 1 is 1.32 bits per heavy atom. The van der Waals surface area contributed by atoms with Gasteiger partial charge in [0.2, 0.25) is 0 Å². The fraction of sp³-hybridized carbons (Fsp3) is 0.529. The van der Waals surface area contributed by atoms with E-state index in [1.807, 2.05) is 0 Å². The van der Waals surface area contributed by atoms with E-state index in [4.69, 9.17) is 0 Å². The number of aromatic nitrogens is 1. The Morgan fingerprint density at radius 2 is 2.21 bits per heavy atom. The van der Waals surface area contributed by atoms with E-state index < -0.39 is 0 Å². The summed E-state index contributed by atoms with van der Waals surface area (Å²) >= 11 is 0. The monoisotopic (exact) mass is 256 g/mol. The number of nitrogens with one attached hydrogen (secondary N) is 2. The van der Waals surface area contributed by atoms with Crippen LogP contribution in [0.5, 0.6) is 0 Å². The number of aromatic amines is 1. The maximum Gasteiger partial charge on any atom is 0.0459 e. The standard InChI is InChI=1S/C17H24N2/c1-3-10-18-15-6-4-5-7-16-17(15)13-11-12(2)8-9-14(13)19-16/h8-9,11,15,18-19H,3-7,10H2,1-2H3. The normalized spacial score (nSPS) is 19.4. The molecule has 0 spiro atoms. The molecule has 0 saturated heterocycles. The van der Waals surface area contributed by atoms with Gasteiger partial charge in [0.05, 0.1) is 0 Å². The average Bonchev–Trinajstić information content (AvgIpc) is 2.63. The second kappa shape index (κ2) is 5.38. The van der Waals surface area contributed by atoms with Gasteiger partial charge in [0, 0.05) is 22.6 Å². The van der Waals surface area contributed by atoms with E-state index in [0.717, 1.165) is 6.54 Å². The molecule has 0 aliphatic heterocycles. The van der Waals surface area contributed by atoms with Crippen LogP contribution in [-0.4, -0.2) is 11.5 Å². The highest BCUT2D eigenvalue weighted by Crippen LogP contribution is 2.35. The molecule has 0 amide bonds. The van der Waals surface area contributed by atoms with E-state index in [-0.39, 0.29) is 0 Å². The van der Waals surface area contributed by atoms with Crippen LogP contribution in [0.4, 0.5) is 0 Å². The lowest BCUT2D eigenvalue weighted by Gasteiger charge is -2.17. The van der Waals surface area contributed by atoms with Crippen LogP contribution in [-0.2, 0) is 6.42 Å². The van der Waals surface area contributed by atoms with Crippen LogP contribution >= 0.6 is 0 Å². The fourth-order valence-corrected chi connectivity index (χ4v) is 3.29. The molecular formula is C17H24N2. The van der Waals surface area contributed by atoms with Gasteiger partial charge in [-0.3, -0.25) is 0 Å². The summed E-state index contributed by atoms with van der Waals surface area (Å²) in [6.45, 7) is 5.54. The van der Waals surface area contributed by atoms with Crippen molar-refractivity contribution in [3.05, 3.63) is 35.0 Å². The molecule has 3 rings (SSSR count). The van der Waals surface area contributed by atoms with Gasteiger partial charge >= 0.3 is 0 Å². The first-order valence-electron chi connectivity index (χ1n) is 7.64. The van der Waals surface area contributed by atoms with Crippen molar-refractivity contribution in [2.24, 2.45) is 0 Å². The molecule has 2 nitrogen and oxygen atoms in total. The first-order chi connectivity index (χ1) is 9.29. The molecule has 1 aliphatic carbocycles. The third-order valence-electron chi connectivity index (χ3n) is 4.23. The van der Waals surface area contributed by atoms with Crippen molar-refractivity contribution in [2.75, 3.05) is 6.54 Å². The fourth-order valence-electron chi connectivity index (χ4n) is 3.29. The van der Waals surface area contributed by atoms with Crippen molar-refractivity contribution in [3.63, 3.8) is 0 Å². The zero-order chi connectivity index (χ0) is 13.2. The highest BCUT2D eigenvalue weighted by Gasteiger charge is 2.22. The van der Waals surface area contributed by atoms with Crippen molar-refractivity contribution in [1.29, 1.82) is 0 Å². The Morgan fingerprint density at radius 3 is 3.05 bits per heavy atom. The Hall–Kier alpha value is -1.28. The molecule has 1 aromatic heterocycles. The van der Waals surface area contributed by atoms with Gasteiger partial charge in [-0.1, -0.05) is 25.0 Å². The molecule has 2 N–H and O–H groups in total. The zero-order valence-electron chi connectivity index (χ0n) is 12.1. The average molecular weight is 256 g/mol. The van der Waals surface area contributed by atoms with Crippen LogP contribution in [0.1, 0.15) is 55.5 Å². The third kappa shape index (κ3) is 2.42.